The fourth-order valence-corrected chi connectivity index (χ4v) is 13.4. The van der Waals surface area contributed by atoms with Gasteiger partial charge in [0.25, 0.3) is 0 Å². The summed E-state index contributed by atoms with van der Waals surface area (Å²) in [6.07, 6.45) is 0. The molecule has 0 amide bonds. The van der Waals surface area contributed by atoms with Gasteiger partial charge in [-0.15, -0.1) is 22.7 Å². The number of anilines is 3. The van der Waals surface area contributed by atoms with Gasteiger partial charge in [0.05, 0.1) is 11.0 Å². The van der Waals surface area contributed by atoms with Crippen LogP contribution in [0.25, 0.3) is 123 Å². The highest BCUT2D eigenvalue weighted by Gasteiger charge is 2.22. The lowest BCUT2D eigenvalue weighted by atomic mass is 9.99. The lowest BCUT2D eigenvalue weighted by Gasteiger charge is -2.26. The average molecular weight is 978 g/mol. The van der Waals surface area contributed by atoms with Crippen LogP contribution in [0.1, 0.15) is 0 Å². The van der Waals surface area contributed by atoms with Crippen molar-refractivity contribution in [2.24, 2.45) is 0 Å². The monoisotopic (exact) mass is 977 g/mol. The van der Waals surface area contributed by atoms with Crippen LogP contribution in [-0.4, -0.2) is 9.55 Å². The van der Waals surface area contributed by atoms with Crippen molar-refractivity contribution in [1.82, 2.24) is 9.55 Å². The van der Waals surface area contributed by atoms with E-state index in [9.17, 15) is 0 Å². The molecule has 12 aromatic carbocycles. The molecule has 3 nitrogen and oxygen atoms in total. The van der Waals surface area contributed by atoms with Gasteiger partial charge in [0.2, 0.25) is 0 Å². The Kier molecular flexibility index (Phi) is 9.93. The molecule has 0 spiro atoms. The van der Waals surface area contributed by atoms with Crippen molar-refractivity contribution in [3.63, 3.8) is 0 Å². The van der Waals surface area contributed by atoms with Crippen LogP contribution in [0.15, 0.2) is 261 Å². The molecule has 0 aliphatic heterocycles. The zero-order valence-electron chi connectivity index (χ0n) is 40.0. The number of hydrogen-bond donors (Lipinski definition) is 0. The third-order valence-electron chi connectivity index (χ3n) is 14.8. The van der Waals surface area contributed by atoms with E-state index in [0.29, 0.717) is 0 Å². The second-order valence-electron chi connectivity index (χ2n) is 19.1. The van der Waals surface area contributed by atoms with E-state index in [0.717, 1.165) is 50.6 Å². The van der Waals surface area contributed by atoms with Gasteiger partial charge >= 0.3 is 0 Å². The molecule has 0 aliphatic rings. The van der Waals surface area contributed by atoms with E-state index in [1.807, 2.05) is 22.7 Å². The number of aromatic nitrogens is 2. The van der Waals surface area contributed by atoms with E-state index >= 15 is 0 Å². The van der Waals surface area contributed by atoms with Crippen molar-refractivity contribution in [2.45, 2.75) is 0 Å². The predicted molar refractivity (Wildman–Crippen MR) is 318 cm³/mol. The standard InChI is InChI=1S/C69H43N3S2/c1-2-12-44(13-3-1)45-22-32-51(33-23-45)71(52-34-24-46(25-35-52)49-30-40-65-61(42-49)57-16-8-10-20-63(57)73-65)53-38-28-48(29-39-53)69-70-67-59-18-6-4-14-55(59)56-15-5-7-19-60(56)68(67)72(69)54-36-26-47(27-37-54)50-31-41-66-62(43-50)58-17-9-11-21-64(58)74-66/h1-43H. The van der Waals surface area contributed by atoms with E-state index in [-0.39, 0.29) is 0 Å². The van der Waals surface area contributed by atoms with E-state index in [2.05, 4.69) is 270 Å². The number of hydrogen-bond acceptors (Lipinski definition) is 4. The van der Waals surface area contributed by atoms with Crippen molar-refractivity contribution in [2.75, 3.05) is 4.90 Å². The van der Waals surface area contributed by atoms with Crippen LogP contribution in [0, 0.1) is 0 Å². The Morgan fingerprint density at radius 2 is 0.662 bits per heavy atom. The Morgan fingerprint density at radius 3 is 1.20 bits per heavy atom. The second-order valence-corrected chi connectivity index (χ2v) is 21.2. The molecule has 0 bridgehead atoms. The maximum atomic E-state index is 5.63. The molecule has 3 heterocycles. The molecule has 5 heteroatoms. The number of nitrogens with zero attached hydrogens (tertiary/aromatic N) is 3. The first-order valence-corrected chi connectivity index (χ1v) is 26.7. The molecule has 0 fully saturated rings. The van der Waals surface area contributed by atoms with Crippen molar-refractivity contribution in [3.8, 4) is 50.5 Å². The summed E-state index contributed by atoms with van der Waals surface area (Å²) < 4.78 is 7.64. The first kappa shape index (κ1) is 42.5. The molecule has 0 atom stereocenters. The SMILES string of the molecule is c1ccc(-c2ccc(N(c3ccc(-c4ccc5sc6ccccc6c5c4)cc3)c3ccc(-c4nc5c6ccccc6c6ccccc6c5n4-c4ccc(-c5ccc6sc7ccccc7c6c5)cc4)cc3)cc2)cc1. The number of imidazole rings is 1. The van der Waals surface area contributed by atoms with Gasteiger partial charge < -0.3 is 4.90 Å². The van der Waals surface area contributed by atoms with E-state index in [4.69, 9.17) is 4.98 Å². The normalized spacial score (nSPS) is 11.8. The fourth-order valence-electron chi connectivity index (χ4n) is 11.2. The molecule has 0 radical (unpaired) electrons. The van der Waals surface area contributed by atoms with Gasteiger partial charge in [0.15, 0.2) is 0 Å². The van der Waals surface area contributed by atoms with Crippen LogP contribution in [0.3, 0.4) is 0 Å². The molecule has 74 heavy (non-hydrogen) atoms. The van der Waals surface area contributed by atoms with Gasteiger partial charge in [0.1, 0.15) is 5.82 Å². The third kappa shape index (κ3) is 7.04. The minimum absolute atomic E-state index is 0.894. The Hall–Kier alpha value is -9.13. The van der Waals surface area contributed by atoms with Crippen molar-refractivity contribution >= 4 is 113 Å². The van der Waals surface area contributed by atoms with Crippen molar-refractivity contribution in [3.05, 3.63) is 261 Å². The molecular weight excluding hydrogens is 935 g/mol. The minimum Gasteiger partial charge on any atom is -0.311 e. The van der Waals surface area contributed by atoms with Gasteiger partial charge in [-0.05, 0) is 141 Å². The third-order valence-corrected chi connectivity index (χ3v) is 17.1. The van der Waals surface area contributed by atoms with Crippen LogP contribution in [0.4, 0.5) is 17.1 Å². The zero-order chi connectivity index (χ0) is 48.7. The van der Waals surface area contributed by atoms with E-state index in [1.54, 1.807) is 0 Å². The average Bonchev–Trinajstić information content (AvgIpc) is 4.18. The Labute approximate surface area is 435 Å². The van der Waals surface area contributed by atoms with Gasteiger partial charge in [-0.2, -0.15) is 0 Å². The maximum Gasteiger partial charge on any atom is 0.145 e. The van der Waals surface area contributed by atoms with Crippen molar-refractivity contribution < 1.29 is 0 Å². The fraction of sp³-hybridized carbons (Fsp3) is 0. The summed E-state index contributed by atoms with van der Waals surface area (Å²) in [6.45, 7) is 0. The second kappa shape index (κ2) is 17.3. The summed E-state index contributed by atoms with van der Waals surface area (Å²) in [6, 6.07) is 95.3. The Morgan fingerprint density at radius 1 is 0.284 bits per heavy atom. The van der Waals surface area contributed by atoms with Gasteiger partial charge in [-0.25, -0.2) is 4.98 Å². The zero-order valence-corrected chi connectivity index (χ0v) is 41.6. The summed E-state index contributed by atoms with van der Waals surface area (Å²) in [7, 11) is 0. The largest absolute Gasteiger partial charge is 0.311 e. The first-order chi connectivity index (χ1) is 36.7. The van der Waals surface area contributed by atoms with Crippen LogP contribution in [-0.2, 0) is 0 Å². The molecule has 0 saturated heterocycles. The quantitative estimate of drug-likeness (QED) is 0.142. The molecule has 0 saturated carbocycles. The van der Waals surface area contributed by atoms with Gasteiger partial charge in [-0.1, -0.05) is 164 Å². The summed E-state index contributed by atoms with van der Waals surface area (Å²) in [4.78, 5) is 7.98. The predicted octanol–water partition coefficient (Wildman–Crippen LogP) is 20.2. The lowest BCUT2D eigenvalue weighted by molar-refractivity contribution is 1.11. The molecule has 0 unspecified atom stereocenters. The van der Waals surface area contributed by atoms with Gasteiger partial charge in [0, 0.05) is 79.4 Å². The highest BCUT2D eigenvalue weighted by molar-refractivity contribution is 7.26. The molecule has 15 aromatic rings. The number of benzene rings is 12. The topological polar surface area (TPSA) is 21.1 Å². The summed E-state index contributed by atoms with van der Waals surface area (Å²) in [5.74, 6) is 0.894. The number of rotatable bonds is 8. The van der Waals surface area contributed by atoms with Crippen LogP contribution in [0.2, 0.25) is 0 Å². The van der Waals surface area contributed by atoms with Crippen LogP contribution >= 0.6 is 22.7 Å². The van der Waals surface area contributed by atoms with Crippen molar-refractivity contribution in [1.29, 1.82) is 0 Å². The molecular formula is C69H43N3S2. The summed E-state index contributed by atoms with van der Waals surface area (Å²) in [5, 5.41) is 9.96. The summed E-state index contributed by atoms with van der Waals surface area (Å²) in [5.41, 5.74) is 14.5. The first-order valence-electron chi connectivity index (χ1n) is 25.1. The molecule has 346 valence electrons. The van der Waals surface area contributed by atoms with Crippen LogP contribution in [0.5, 0.6) is 0 Å². The molecule has 3 aromatic heterocycles. The number of fused-ring (bicyclic) bond motifs is 12. The highest BCUT2D eigenvalue weighted by Crippen LogP contribution is 2.43. The smallest absolute Gasteiger partial charge is 0.145 e. The Balaban J connectivity index is 0.854. The van der Waals surface area contributed by atoms with Gasteiger partial charge in [-0.3, -0.25) is 4.57 Å². The highest BCUT2D eigenvalue weighted by atomic mass is 32.1. The maximum absolute atomic E-state index is 5.63. The lowest BCUT2D eigenvalue weighted by Crippen LogP contribution is -2.10. The van der Waals surface area contributed by atoms with E-state index < -0.39 is 0 Å². The number of thiophene rings is 2. The van der Waals surface area contributed by atoms with Crippen LogP contribution < -0.4 is 4.90 Å². The Bertz CT molecular complexity index is 4620. The molecule has 0 aliphatic carbocycles. The minimum atomic E-state index is 0.894. The molecule has 15 rings (SSSR count). The van der Waals surface area contributed by atoms with E-state index in [1.165, 1.54) is 89.9 Å². The molecule has 0 N–H and O–H groups in total. The summed E-state index contributed by atoms with van der Waals surface area (Å²) >= 11 is 3.71.